The van der Waals surface area contributed by atoms with Gasteiger partial charge in [-0.3, -0.25) is 19.7 Å². The summed E-state index contributed by atoms with van der Waals surface area (Å²) in [5.41, 5.74) is 4.71. The van der Waals surface area contributed by atoms with Gasteiger partial charge in [0.15, 0.2) is 6.61 Å². The molecule has 2 rings (SSSR count). The second-order valence-corrected chi connectivity index (χ2v) is 5.90. The Bertz CT molecular complexity index is 866. The van der Waals surface area contributed by atoms with E-state index < -0.39 is 35.0 Å². The third-order valence-electron chi connectivity index (χ3n) is 2.90. The van der Waals surface area contributed by atoms with Crippen LogP contribution in [0.2, 0.25) is 5.02 Å². The van der Waals surface area contributed by atoms with E-state index in [1.807, 2.05) is 0 Å². The van der Waals surface area contributed by atoms with Gasteiger partial charge < -0.3 is 15.8 Å². The summed E-state index contributed by atoms with van der Waals surface area (Å²) in [4.78, 5) is 44.9. The fourth-order valence-corrected chi connectivity index (χ4v) is 2.75. The summed E-state index contributed by atoms with van der Waals surface area (Å²) in [6.07, 6.45) is 0. The van der Waals surface area contributed by atoms with E-state index in [2.05, 4.69) is 5.32 Å². The SMILES string of the molecule is NC(=O)c1ccsc1NC(=O)COC(=O)c1ccc(Cl)c([N+](=O)[O-])c1. The van der Waals surface area contributed by atoms with Gasteiger partial charge in [0, 0.05) is 6.07 Å². The normalized spacial score (nSPS) is 10.1. The topological polar surface area (TPSA) is 142 Å². The van der Waals surface area contributed by atoms with E-state index in [0.29, 0.717) is 0 Å². The fraction of sp³-hybridized carbons (Fsp3) is 0.0714. The molecule has 0 saturated carbocycles. The minimum Gasteiger partial charge on any atom is -0.452 e. The second-order valence-electron chi connectivity index (χ2n) is 4.58. The molecule has 25 heavy (non-hydrogen) atoms. The van der Waals surface area contributed by atoms with Crippen LogP contribution >= 0.6 is 22.9 Å². The van der Waals surface area contributed by atoms with Gasteiger partial charge in [-0.05, 0) is 23.6 Å². The first-order chi connectivity index (χ1) is 11.8. The van der Waals surface area contributed by atoms with Crippen LogP contribution in [0.1, 0.15) is 20.7 Å². The molecule has 2 aromatic rings. The highest BCUT2D eigenvalue weighted by molar-refractivity contribution is 7.14. The van der Waals surface area contributed by atoms with Crippen LogP contribution < -0.4 is 11.1 Å². The Kier molecular flexibility index (Phi) is 5.67. The number of primary amides is 1. The number of nitro groups is 1. The highest BCUT2D eigenvalue weighted by Gasteiger charge is 2.18. The molecule has 0 fully saturated rings. The number of nitrogens with one attached hydrogen (secondary N) is 1. The number of thiophene rings is 1. The predicted molar refractivity (Wildman–Crippen MR) is 89.9 cm³/mol. The summed E-state index contributed by atoms with van der Waals surface area (Å²) in [6, 6.07) is 4.82. The van der Waals surface area contributed by atoms with Gasteiger partial charge in [0.2, 0.25) is 0 Å². The lowest BCUT2D eigenvalue weighted by Gasteiger charge is -2.06. The zero-order valence-corrected chi connectivity index (χ0v) is 13.9. The average Bonchev–Trinajstić information content (AvgIpc) is 3.01. The number of esters is 1. The van der Waals surface area contributed by atoms with Crippen LogP contribution in [-0.2, 0) is 9.53 Å². The number of nitrogens with two attached hydrogens (primary N) is 1. The summed E-state index contributed by atoms with van der Waals surface area (Å²) in [5, 5.41) is 14.9. The summed E-state index contributed by atoms with van der Waals surface area (Å²) < 4.78 is 4.79. The lowest BCUT2D eigenvalue weighted by Crippen LogP contribution is -2.22. The monoisotopic (exact) mass is 383 g/mol. The first kappa shape index (κ1) is 18.4. The molecule has 0 radical (unpaired) electrons. The van der Waals surface area contributed by atoms with Crippen LogP contribution in [0.3, 0.4) is 0 Å². The minimum absolute atomic E-state index is 0.127. The smallest absolute Gasteiger partial charge is 0.338 e. The van der Waals surface area contributed by atoms with Crippen molar-refractivity contribution in [2.75, 3.05) is 11.9 Å². The highest BCUT2D eigenvalue weighted by Crippen LogP contribution is 2.25. The Hall–Kier alpha value is -2.98. The van der Waals surface area contributed by atoms with Crippen LogP contribution in [0.25, 0.3) is 0 Å². The molecule has 1 aromatic carbocycles. The Labute approximate surface area is 149 Å². The maximum absolute atomic E-state index is 11.9. The molecule has 130 valence electrons. The quantitative estimate of drug-likeness (QED) is 0.445. The van der Waals surface area contributed by atoms with Gasteiger partial charge >= 0.3 is 5.97 Å². The Morgan fingerprint density at radius 1 is 1.32 bits per heavy atom. The molecule has 1 aromatic heterocycles. The molecule has 0 saturated heterocycles. The summed E-state index contributed by atoms with van der Waals surface area (Å²) >= 11 is 6.73. The first-order valence-corrected chi connectivity index (χ1v) is 7.83. The number of nitrogens with zero attached hydrogens (tertiary/aromatic N) is 1. The van der Waals surface area contributed by atoms with Crippen molar-refractivity contribution >= 4 is 51.4 Å². The van der Waals surface area contributed by atoms with Crippen LogP contribution in [0.5, 0.6) is 0 Å². The van der Waals surface area contributed by atoms with Crippen molar-refractivity contribution in [3.8, 4) is 0 Å². The zero-order chi connectivity index (χ0) is 18.6. The lowest BCUT2D eigenvalue weighted by atomic mass is 10.2. The molecule has 0 aliphatic rings. The van der Waals surface area contributed by atoms with Crippen LogP contribution in [0, 0.1) is 10.1 Å². The molecule has 9 nitrogen and oxygen atoms in total. The van der Waals surface area contributed by atoms with E-state index in [9.17, 15) is 24.5 Å². The number of anilines is 1. The maximum Gasteiger partial charge on any atom is 0.338 e. The first-order valence-electron chi connectivity index (χ1n) is 6.58. The van der Waals surface area contributed by atoms with E-state index >= 15 is 0 Å². The molecular weight excluding hydrogens is 374 g/mol. The van der Waals surface area contributed by atoms with E-state index in [1.165, 1.54) is 18.2 Å². The van der Waals surface area contributed by atoms with Gasteiger partial charge in [-0.1, -0.05) is 11.6 Å². The molecule has 1 heterocycles. The van der Waals surface area contributed by atoms with Gasteiger partial charge in [0.25, 0.3) is 17.5 Å². The molecule has 0 unspecified atom stereocenters. The number of nitro benzene ring substituents is 1. The van der Waals surface area contributed by atoms with Gasteiger partial charge in [0.1, 0.15) is 10.0 Å². The Balaban J connectivity index is 1.99. The fourth-order valence-electron chi connectivity index (χ4n) is 1.76. The minimum atomic E-state index is -0.934. The van der Waals surface area contributed by atoms with Crippen LogP contribution in [-0.4, -0.2) is 29.3 Å². The van der Waals surface area contributed by atoms with Gasteiger partial charge in [-0.15, -0.1) is 11.3 Å². The number of halogens is 1. The van der Waals surface area contributed by atoms with Crippen molar-refractivity contribution in [3.63, 3.8) is 0 Å². The number of ether oxygens (including phenoxy) is 1. The Morgan fingerprint density at radius 3 is 2.68 bits per heavy atom. The third kappa shape index (κ3) is 4.52. The predicted octanol–water partition coefficient (Wildman–Crippen LogP) is 2.20. The number of hydrogen-bond donors (Lipinski definition) is 2. The van der Waals surface area contributed by atoms with E-state index in [4.69, 9.17) is 22.1 Å². The summed E-state index contributed by atoms with van der Waals surface area (Å²) in [7, 11) is 0. The molecule has 0 aliphatic heterocycles. The standard InChI is InChI=1S/C14H10ClN3O6S/c15-9-2-1-7(5-10(9)18(22)23)14(21)24-6-11(19)17-13-8(12(16)20)3-4-25-13/h1-5H,6H2,(H2,16,20)(H,17,19). The molecule has 0 bridgehead atoms. The molecule has 2 amide bonds. The maximum atomic E-state index is 11.9. The third-order valence-corrected chi connectivity index (χ3v) is 4.05. The van der Waals surface area contributed by atoms with Crippen molar-refractivity contribution in [1.29, 1.82) is 0 Å². The number of amides is 2. The van der Waals surface area contributed by atoms with Gasteiger partial charge in [-0.25, -0.2) is 4.79 Å². The number of benzene rings is 1. The van der Waals surface area contributed by atoms with E-state index in [-0.39, 0.29) is 21.2 Å². The second kappa shape index (κ2) is 7.73. The lowest BCUT2D eigenvalue weighted by molar-refractivity contribution is -0.384. The van der Waals surface area contributed by atoms with Gasteiger partial charge in [-0.2, -0.15) is 0 Å². The molecule has 0 spiro atoms. The molecular formula is C14H10ClN3O6S. The Morgan fingerprint density at radius 2 is 2.04 bits per heavy atom. The molecule has 3 N–H and O–H groups in total. The van der Waals surface area contributed by atoms with Crippen molar-refractivity contribution < 1.29 is 24.0 Å². The van der Waals surface area contributed by atoms with E-state index in [1.54, 1.807) is 5.38 Å². The average molecular weight is 384 g/mol. The number of carbonyl (C=O) groups excluding carboxylic acids is 3. The van der Waals surface area contributed by atoms with E-state index in [0.717, 1.165) is 17.4 Å². The molecule has 0 atom stereocenters. The number of carbonyl (C=O) groups is 3. The van der Waals surface area contributed by atoms with Crippen molar-refractivity contribution in [1.82, 2.24) is 0 Å². The number of rotatable bonds is 6. The van der Waals surface area contributed by atoms with Gasteiger partial charge in [0.05, 0.1) is 16.1 Å². The van der Waals surface area contributed by atoms with Crippen molar-refractivity contribution in [3.05, 3.63) is 55.9 Å². The summed E-state index contributed by atoms with van der Waals surface area (Å²) in [6.45, 7) is -0.647. The van der Waals surface area contributed by atoms with Crippen LogP contribution in [0.15, 0.2) is 29.6 Å². The van der Waals surface area contributed by atoms with Crippen molar-refractivity contribution in [2.24, 2.45) is 5.73 Å². The number of hydrogen-bond acceptors (Lipinski definition) is 7. The molecule has 0 aliphatic carbocycles. The summed E-state index contributed by atoms with van der Waals surface area (Å²) in [5.74, 6) is -2.33. The van der Waals surface area contributed by atoms with Crippen molar-refractivity contribution in [2.45, 2.75) is 0 Å². The highest BCUT2D eigenvalue weighted by atomic mass is 35.5. The van der Waals surface area contributed by atoms with Crippen LogP contribution in [0.4, 0.5) is 10.7 Å². The largest absolute Gasteiger partial charge is 0.452 e. The zero-order valence-electron chi connectivity index (χ0n) is 12.4. The molecule has 11 heteroatoms.